The van der Waals surface area contributed by atoms with E-state index >= 15 is 0 Å². The smallest absolute Gasteiger partial charge is 0.140 e. The summed E-state index contributed by atoms with van der Waals surface area (Å²) in [5.41, 5.74) is 5.50. The molecule has 2 atom stereocenters. The second kappa shape index (κ2) is 7.29. The van der Waals surface area contributed by atoms with E-state index in [0.717, 1.165) is 6.42 Å². The molecule has 16 heavy (non-hydrogen) atoms. The largest absolute Gasteiger partial charge is 0.351 e. The van der Waals surface area contributed by atoms with Crippen LogP contribution < -0.4 is 5.73 Å². The van der Waals surface area contributed by atoms with Crippen molar-refractivity contribution in [3.05, 3.63) is 0 Å². The molecule has 1 heterocycles. The fourth-order valence-corrected chi connectivity index (χ4v) is 2.26. The van der Waals surface area contributed by atoms with Crippen LogP contribution in [0.25, 0.3) is 0 Å². The molecule has 0 spiro atoms. The number of hydrogen-bond donors (Lipinski definition) is 1. The Labute approximate surface area is 101 Å². The summed E-state index contributed by atoms with van der Waals surface area (Å²) in [7, 11) is 0. The van der Waals surface area contributed by atoms with Gasteiger partial charge in [-0.2, -0.15) is 0 Å². The lowest BCUT2D eigenvalue weighted by atomic mass is 10.0. The zero-order valence-corrected chi connectivity index (χ0v) is 11.1. The maximum atomic E-state index is 5.80. The number of hydrogen-bond acceptors (Lipinski definition) is 2. The summed E-state index contributed by atoms with van der Waals surface area (Å²) in [5.74, 6) is 0. The van der Waals surface area contributed by atoms with Crippen LogP contribution in [0.15, 0.2) is 0 Å². The zero-order chi connectivity index (χ0) is 11.9. The van der Waals surface area contributed by atoms with E-state index in [2.05, 4.69) is 6.92 Å². The molecule has 2 heteroatoms. The SMILES string of the molecule is CCCCCCCCCCCC1OC1(C)N. The van der Waals surface area contributed by atoms with Crippen LogP contribution in [0.1, 0.15) is 78.1 Å². The highest BCUT2D eigenvalue weighted by Gasteiger charge is 2.47. The predicted octanol–water partition coefficient (Wildman–Crippen LogP) is 3.98. The highest BCUT2D eigenvalue weighted by Crippen LogP contribution is 2.34. The van der Waals surface area contributed by atoms with Crippen LogP contribution in [0, 0.1) is 0 Å². The highest BCUT2D eigenvalue weighted by molar-refractivity contribution is 4.92. The van der Waals surface area contributed by atoms with Crippen LogP contribution in [-0.4, -0.2) is 11.8 Å². The third-order valence-corrected chi connectivity index (χ3v) is 3.55. The first-order valence-electron chi connectivity index (χ1n) is 7.13. The van der Waals surface area contributed by atoms with Crippen molar-refractivity contribution < 1.29 is 4.74 Å². The average Bonchev–Trinajstić information content (AvgIpc) is 2.84. The Kier molecular flexibility index (Phi) is 6.37. The van der Waals surface area contributed by atoms with E-state index in [9.17, 15) is 0 Å². The van der Waals surface area contributed by atoms with E-state index in [1.807, 2.05) is 6.92 Å². The molecule has 0 amide bonds. The fraction of sp³-hybridized carbons (Fsp3) is 1.00. The first kappa shape index (κ1) is 14.0. The molecule has 0 saturated carbocycles. The predicted molar refractivity (Wildman–Crippen MR) is 69.3 cm³/mol. The molecule has 2 unspecified atom stereocenters. The summed E-state index contributed by atoms with van der Waals surface area (Å²) < 4.78 is 5.35. The van der Waals surface area contributed by atoms with Crippen LogP contribution in [0.3, 0.4) is 0 Å². The Balaban J connectivity index is 1.72. The third-order valence-electron chi connectivity index (χ3n) is 3.55. The molecule has 1 fully saturated rings. The minimum atomic E-state index is -0.292. The summed E-state index contributed by atoms with van der Waals surface area (Å²) in [4.78, 5) is 0. The number of ether oxygens (including phenoxy) is 1. The van der Waals surface area contributed by atoms with Gasteiger partial charge in [-0.1, -0.05) is 64.7 Å². The Hall–Kier alpha value is -0.0800. The molecule has 1 rings (SSSR count). The van der Waals surface area contributed by atoms with Crippen molar-refractivity contribution in [3.8, 4) is 0 Å². The molecule has 1 saturated heterocycles. The van der Waals surface area contributed by atoms with Gasteiger partial charge < -0.3 is 10.5 Å². The van der Waals surface area contributed by atoms with Crippen molar-refractivity contribution in [1.82, 2.24) is 0 Å². The Morgan fingerprint density at radius 2 is 1.38 bits per heavy atom. The topological polar surface area (TPSA) is 38.5 Å². The molecule has 0 bridgehead atoms. The molecule has 0 aromatic carbocycles. The Bertz CT molecular complexity index is 180. The van der Waals surface area contributed by atoms with Crippen LogP contribution in [0.5, 0.6) is 0 Å². The molecule has 0 aromatic heterocycles. The maximum Gasteiger partial charge on any atom is 0.140 e. The normalized spacial score (nSPS) is 28.3. The van der Waals surface area contributed by atoms with Gasteiger partial charge in [0.15, 0.2) is 0 Å². The van der Waals surface area contributed by atoms with Gasteiger partial charge in [-0.15, -0.1) is 0 Å². The highest BCUT2D eigenvalue weighted by atomic mass is 16.6. The van der Waals surface area contributed by atoms with Gasteiger partial charge >= 0.3 is 0 Å². The lowest BCUT2D eigenvalue weighted by Gasteiger charge is -2.01. The van der Waals surface area contributed by atoms with Gasteiger partial charge in [-0.05, 0) is 13.3 Å². The Morgan fingerprint density at radius 1 is 0.938 bits per heavy atom. The first-order valence-corrected chi connectivity index (χ1v) is 7.13. The van der Waals surface area contributed by atoms with Gasteiger partial charge in [0, 0.05) is 0 Å². The number of unbranched alkanes of at least 4 members (excludes halogenated alkanes) is 8. The minimum Gasteiger partial charge on any atom is -0.351 e. The van der Waals surface area contributed by atoms with Crippen molar-refractivity contribution >= 4 is 0 Å². The molecule has 1 aliphatic heterocycles. The van der Waals surface area contributed by atoms with E-state index in [1.165, 1.54) is 57.8 Å². The molecule has 0 radical (unpaired) electrons. The summed E-state index contributed by atoms with van der Waals surface area (Å²) in [6.07, 6.45) is 14.0. The molecule has 1 aliphatic rings. The fourth-order valence-electron chi connectivity index (χ4n) is 2.26. The second-order valence-electron chi connectivity index (χ2n) is 5.41. The molecule has 0 aromatic rings. The maximum absolute atomic E-state index is 5.80. The molecule has 0 aliphatic carbocycles. The lowest BCUT2D eigenvalue weighted by Crippen LogP contribution is -2.22. The monoisotopic (exact) mass is 227 g/mol. The van der Waals surface area contributed by atoms with Crippen LogP contribution >= 0.6 is 0 Å². The van der Waals surface area contributed by atoms with E-state index in [4.69, 9.17) is 10.5 Å². The molecule has 96 valence electrons. The van der Waals surface area contributed by atoms with Gasteiger partial charge in [0.25, 0.3) is 0 Å². The van der Waals surface area contributed by atoms with Crippen molar-refractivity contribution in [1.29, 1.82) is 0 Å². The standard InChI is InChI=1S/C14H29NO/c1-3-4-5-6-7-8-9-10-11-12-13-14(2,15)16-13/h13H,3-12,15H2,1-2H3. The molecular formula is C14H29NO. The van der Waals surface area contributed by atoms with Crippen LogP contribution in [0.2, 0.25) is 0 Å². The summed E-state index contributed by atoms with van der Waals surface area (Å²) in [5, 5.41) is 0. The number of epoxide rings is 1. The van der Waals surface area contributed by atoms with Crippen molar-refractivity contribution in [3.63, 3.8) is 0 Å². The molecule has 2 N–H and O–H groups in total. The number of nitrogens with two attached hydrogens (primary N) is 1. The second-order valence-corrected chi connectivity index (χ2v) is 5.41. The summed E-state index contributed by atoms with van der Waals surface area (Å²) in [6.45, 7) is 4.25. The van der Waals surface area contributed by atoms with Crippen molar-refractivity contribution in [2.45, 2.75) is 89.9 Å². The third kappa shape index (κ3) is 5.86. The molecular weight excluding hydrogens is 198 g/mol. The van der Waals surface area contributed by atoms with Gasteiger partial charge in [-0.25, -0.2) is 0 Å². The van der Waals surface area contributed by atoms with Gasteiger partial charge in [0.05, 0.1) is 0 Å². The zero-order valence-electron chi connectivity index (χ0n) is 11.1. The van der Waals surface area contributed by atoms with Gasteiger partial charge in [0.1, 0.15) is 11.8 Å². The van der Waals surface area contributed by atoms with Gasteiger partial charge in [-0.3, -0.25) is 0 Å². The first-order chi connectivity index (χ1) is 7.67. The quantitative estimate of drug-likeness (QED) is 0.453. The van der Waals surface area contributed by atoms with Crippen molar-refractivity contribution in [2.75, 3.05) is 0 Å². The van der Waals surface area contributed by atoms with Crippen LogP contribution in [-0.2, 0) is 4.74 Å². The lowest BCUT2D eigenvalue weighted by molar-refractivity contribution is 0.309. The average molecular weight is 227 g/mol. The van der Waals surface area contributed by atoms with E-state index in [-0.39, 0.29) is 5.72 Å². The van der Waals surface area contributed by atoms with E-state index < -0.39 is 0 Å². The van der Waals surface area contributed by atoms with Crippen LogP contribution in [0.4, 0.5) is 0 Å². The summed E-state index contributed by atoms with van der Waals surface area (Å²) in [6, 6.07) is 0. The van der Waals surface area contributed by atoms with Gasteiger partial charge in [0.2, 0.25) is 0 Å². The van der Waals surface area contributed by atoms with Crippen molar-refractivity contribution in [2.24, 2.45) is 5.73 Å². The Morgan fingerprint density at radius 3 is 1.81 bits per heavy atom. The molecule has 2 nitrogen and oxygen atoms in total. The van der Waals surface area contributed by atoms with E-state index in [1.54, 1.807) is 0 Å². The van der Waals surface area contributed by atoms with E-state index in [0.29, 0.717) is 6.10 Å². The number of rotatable bonds is 10. The minimum absolute atomic E-state index is 0.292. The summed E-state index contributed by atoms with van der Waals surface area (Å²) >= 11 is 0.